The average Bonchev–Trinajstić information content (AvgIpc) is 2.73. The standard InChI is InChI=1S/C20H21N5O2/c1-27-18-8-3-2-6-15(18)9-12-22-19(26)17-10-13-23-20(25-17)24-14-16-7-4-5-11-21-16/h2-8,10-11,13H,9,12,14H2,1H3,(H,22,26)(H,23,24,25). The maximum atomic E-state index is 12.3. The molecule has 0 fully saturated rings. The molecule has 27 heavy (non-hydrogen) atoms. The lowest BCUT2D eigenvalue weighted by Gasteiger charge is -2.09. The smallest absolute Gasteiger partial charge is 0.270 e. The summed E-state index contributed by atoms with van der Waals surface area (Å²) >= 11 is 0. The number of anilines is 1. The van der Waals surface area contributed by atoms with Crippen molar-refractivity contribution in [2.45, 2.75) is 13.0 Å². The summed E-state index contributed by atoms with van der Waals surface area (Å²) in [6, 6.07) is 15.0. The topological polar surface area (TPSA) is 89.0 Å². The Kier molecular flexibility index (Phi) is 6.30. The van der Waals surface area contributed by atoms with Crippen LogP contribution in [0.25, 0.3) is 0 Å². The summed E-state index contributed by atoms with van der Waals surface area (Å²) < 4.78 is 5.32. The van der Waals surface area contributed by atoms with E-state index in [0.717, 1.165) is 17.0 Å². The number of nitrogens with one attached hydrogen (secondary N) is 2. The minimum atomic E-state index is -0.242. The van der Waals surface area contributed by atoms with Gasteiger partial charge in [0.1, 0.15) is 11.4 Å². The Bertz CT molecular complexity index is 886. The van der Waals surface area contributed by atoms with Crippen LogP contribution in [0.2, 0.25) is 0 Å². The first kappa shape index (κ1) is 18.3. The van der Waals surface area contributed by atoms with Crippen LogP contribution in [0.4, 0.5) is 5.95 Å². The van der Waals surface area contributed by atoms with Crippen molar-refractivity contribution in [3.05, 3.63) is 77.9 Å². The molecule has 2 heterocycles. The van der Waals surface area contributed by atoms with Gasteiger partial charge in [-0.15, -0.1) is 0 Å². The third-order valence-corrected chi connectivity index (χ3v) is 3.91. The van der Waals surface area contributed by atoms with E-state index in [2.05, 4.69) is 25.6 Å². The number of benzene rings is 1. The number of nitrogens with zero attached hydrogens (tertiary/aromatic N) is 3. The summed E-state index contributed by atoms with van der Waals surface area (Å²) in [5.41, 5.74) is 2.22. The number of hydrogen-bond acceptors (Lipinski definition) is 6. The highest BCUT2D eigenvalue weighted by Crippen LogP contribution is 2.17. The fourth-order valence-electron chi connectivity index (χ4n) is 2.55. The molecule has 0 aliphatic rings. The molecule has 0 saturated heterocycles. The Morgan fingerprint density at radius 3 is 2.70 bits per heavy atom. The molecule has 0 spiro atoms. The molecule has 0 radical (unpaired) electrons. The lowest BCUT2D eigenvalue weighted by Crippen LogP contribution is -2.27. The van der Waals surface area contributed by atoms with Crippen molar-refractivity contribution in [1.82, 2.24) is 20.3 Å². The number of carbonyl (C=O) groups is 1. The van der Waals surface area contributed by atoms with Gasteiger partial charge in [-0.25, -0.2) is 9.97 Å². The molecule has 0 aliphatic heterocycles. The molecule has 138 valence electrons. The maximum absolute atomic E-state index is 12.3. The van der Waals surface area contributed by atoms with Crippen LogP contribution in [0.3, 0.4) is 0 Å². The molecular weight excluding hydrogens is 342 g/mol. The average molecular weight is 363 g/mol. The molecule has 2 N–H and O–H groups in total. The molecule has 7 heteroatoms. The van der Waals surface area contributed by atoms with Gasteiger partial charge in [0.25, 0.3) is 5.91 Å². The number of ether oxygens (including phenoxy) is 1. The number of carbonyl (C=O) groups excluding carboxylic acids is 1. The van der Waals surface area contributed by atoms with Crippen molar-refractivity contribution in [2.24, 2.45) is 0 Å². The molecule has 0 aliphatic carbocycles. The first-order chi connectivity index (χ1) is 13.3. The van der Waals surface area contributed by atoms with Crippen LogP contribution in [0.15, 0.2) is 60.9 Å². The summed E-state index contributed by atoms with van der Waals surface area (Å²) in [5.74, 6) is 0.959. The molecule has 0 atom stereocenters. The summed E-state index contributed by atoms with van der Waals surface area (Å²) in [6.45, 7) is 0.972. The number of hydrogen-bond donors (Lipinski definition) is 2. The Morgan fingerprint density at radius 1 is 1.04 bits per heavy atom. The number of amides is 1. The lowest BCUT2D eigenvalue weighted by molar-refractivity contribution is 0.0949. The number of pyridine rings is 1. The second-order valence-corrected chi connectivity index (χ2v) is 5.76. The first-order valence-electron chi connectivity index (χ1n) is 8.63. The minimum Gasteiger partial charge on any atom is -0.496 e. The van der Waals surface area contributed by atoms with Crippen LogP contribution in [0.5, 0.6) is 5.75 Å². The van der Waals surface area contributed by atoms with Crippen LogP contribution < -0.4 is 15.4 Å². The maximum Gasteiger partial charge on any atom is 0.270 e. The van der Waals surface area contributed by atoms with Gasteiger partial charge < -0.3 is 15.4 Å². The molecule has 7 nitrogen and oxygen atoms in total. The van der Waals surface area contributed by atoms with E-state index in [1.807, 2.05) is 42.5 Å². The van der Waals surface area contributed by atoms with Gasteiger partial charge in [-0.1, -0.05) is 24.3 Å². The molecule has 0 bridgehead atoms. The first-order valence-corrected chi connectivity index (χ1v) is 8.63. The van der Waals surface area contributed by atoms with Crippen molar-refractivity contribution in [3.8, 4) is 5.75 Å². The van der Waals surface area contributed by atoms with Crippen LogP contribution in [-0.2, 0) is 13.0 Å². The Morgan fingerprint density at radius 2 is 1.89 bits per heavy atom. The zero-order chi connectivity index (χ0) is 18.9. The zero-order valence-electron chi connectivity index (χ0n) is 15.1. The van der Waals surface area contributed by atoms with E-state index in [0.29, 0.717) is 31.2 Å². The van der Waals surface area contributed by atoms with Crippen LogP contribution in [-0.4, -0.2) is 34.5 Å². The van der Waals surface area contributed by atoms with E-state index in [4.69, 9.17) is 4.74 Å². The van der Waals surface area contributed by atoms with Gasteiger partial charge in [-0.05, 0) is 36.2 Å². The Balaban J connectivity index is 1.54. The van der Waals surface area contributed by atoms with E-state index >= 15 is 0 Å². The SMILES string of the molecule is COc1ccccc1CCNC(=O)c1ccnc(NCc2ccccn2)n1. The van der Waals surface area contributed by atoms with E-state index in [9.17, 15) is 4.79 Å². The molecule has 1 amide bonds. The van der Waals surface area contributed by atoms with E-state index in [1.165, 1.54) is 0 Å². The molecule has 3 rings (SSSR count). The van der Waals surface area contributed by atoms with Gasteiger partial charge in [0, 0.05) is 18.9 Å². The predicted molar refractivity (Wildman–Crippen MR) is 103 cm³/mol. The van der Waals surface area contributed by atoms with Crippen LogP contribution in [0.1, 0.15) is 21.7 Å². The highest BCUT2D eigenvalue weighted by atomic mass is 16.5. The molecule has 0 unspecified atom stereocenters. The second-order valence-electron chi connectivity index (χ2n) is 5.76. The fraction of sp³-hybridized carbons (Fsp3) is 0.200. The molecular formula is C20H21N5O2. The third-order valence-electron chi connectivity index (χ3n) is 3.91. The van der Waals surface area contributed by atoms with Gasteiger partial charge in [-0.2, -0.15) is 0 Å². The van der Waals surface area contributed by atoms with Crippen molar-refractivity contribution in [2.75, 3.05) is 19.0 Å². The molecule has 0 saturated carbocycles. The Labute approximate surface area is 157 Å². The third kappa shape index (κ3) is 5.24. The zero-order valence-corrected chi connectivity index (χ0v) is 15.1. The summed E-state index contributed by atoms with van der Waals surface area (Å²) in [6.07, 6.45) is 3.96. The predicted octanol–water partition coefficient (Wildman–Crippen LogP) is 2.46. The molecule has 3 aromatic rings. The number of rotatable bonds is 8. The van der Waals surface area contributed by atoms with Gasteiger partial charge >= 0.3 is 0 Å². The van der Waals surface area contributed by atoms with Crippen molar-refractivity contribution < 1.29 is 9.53 Å². The van der Waals surface area contributed by atoms with Crippen LogP contribution in [0, 0.1) is 0 Å². The van der Waals surface area contributed by atoms with E-state index in [-0.39, 0.29) is 5.91 Å². The van der Waals surface area contributed by atoms with E-state index in [1.54, 1.807) is 25.6 Å². The second kappa shape index (κ2) is 9.28. The van der Waals surface area contributed by atoms with Crippen LogP contribution >= 0.6 is 0 Å². The molecule has 2 aromatic heterocycles. The normalized spacial score (nSPS) is 10.3. The number of aromatic nitrogens is 3. The summed E-state index contributed by atoms with van der Waals surface area (Å²) in [7, 11) is 1.64. The highest BCUT2D eigenvalue weighted by molar-refractivity contribution is 5.92. The van der Waals surface area contributed by atoms with Gasteiger partial charge in [0.2, 0.25) is 5.95 Å². The summed E-state index contributed by atoms with van der Waals surface area (Å²) in [4.78, 5) is 25.0. The quantitative estimate of drug-likeness (QED) is 0.639. The van der Waals surface area contributed by atoms with Crippen molar-refractivity contribution in [3.63, 3.8) is 0 Å². The fourth-order valence-corrected chi connectivity index (χ4v) is 2.55. The number of para-hydroxylation sites is 1. The van der Waals surface area contributed by atoms with Gasteiger partial charge in [-0.3, -0.25) is 9.78 Å². The minimum absolute atomic E-state index is 0.242. The number of methoxy groups -OCH3 is 1. The van der Waals surface area contributed by atoms with Gasteiger partial charge in [0.15, 0.2) is 0 Å². The Hall–Kier alpha value is -3.48. The van der Waals surface area contributed by atoms with E-state index < -0.39 is 0 Å². The monoisotopic (exact) mass is 363 g/mol. The lowest BCUT2D eigenvalue weighted by atomic mass is 10.1. The summed E-state index contributed by atoms with van der Waals surface area (Å²) in [5, 5.41) is 5.95. The largest absolute Gasteiger partial charge is 0.496 e. The van der Waals surface area contributed by atoms with Crippen molar-refractivity contribution >= 4 is 11.9 Å². The van der Waals surface area contributed by atoms with Gasteiger partial charge in [0.05, 0.1) is 19.3 Å². The molecule has 1 aromatic carbocycles. The van der Waals surface area contributed by atoms with Crippen molar-refractivity contribution in [1.29, 1.82) is 0 Å². The highest BCUT2D eigenvalue weighted by Gasteiger charge is 2.09.